The molecule has 0 fully saturated rings. The summed E-state index contributed by atoms with van der Waals surface area (Å²) in [4.78, 5) is 35.4. The van der Waals surface area contributed by atoms with Crippen molar-refractivity contribution in [2.24, 2.45) is 0 Å². The van der Waals surface area contributed by atoms with Crippen molar-refractivity contribution in [1.82, 2.24) is 0 Å². The third-order valence-electron chi connectivity index (χ3n) is 8.63. The molecule has 0 bridgehead atoms. The fourth-order valence-electron chi connectivity index (χ4n) is 5.05. The van der Waals surface area contributed by atoms with Gasteiger partial charge in [0.2, 0.25) is 0 Å². The molecule has 4 N–H and O–H groups in total. The van der Waals surface area contributed by atoms with Crippen LogP contribution in [0.25, 0.3) is 0 Å². The number of nitrogens with zero attached hydrogens (tertiary/aromatic N) is 1. The number of aliphatic hydroxyl groups is 3. The van der Waals surface area contributed by atoms with Gasteiger partial charge >= 0.3 is 19.8 Å². The van der Waals surface area contributed by atoms with Gasteiger partial charge in [-0.05, 0) is 70.6 Å². The second kappa shape index (κ2) is 38.2. The van der Waals surface area contributed by atoms with Gasteiger partial charge in [-0.1, -0.05) is 136 Å². The normalized spacial score (nSPS) is 16.1. The maximum Gasteiger partial charge on any atom is 0.472 e. The summed E-state index contributed by atoms with van der Waals surface area (Å²) in [5.74, 6) is -1.21. The van der Waals surface area contributed by atoms with Crippen LogP contribution in [0.5, 0.6) is 0 Å². The van der Waals surface area contributed by atoms with Gasteiger partial charge in [-0.2, -0.15) is 0 Å². The molecule has 0 rings (SSSR count). The Labute approximate surface area is 367 Å². The average molecular weight is 877 g/mol. The number of aliphatic hydroxyl groups excluding tert-OH is 3. The van der Waals surface area contributed by atoms with Crippen molar-refractivity contribution < 1.29 is 57.4 Å². The van der Waals surface area contributed by atoms with Gasteiger partial charge in [0.05, 0.1) is 46.1 Å². The molecule has 0 saturated heterocycles. The number of hydrogen-bond donors (Lipinski definition) is 4. The minimum Gasteiger partial charge on any atom is -0.462 e. The van der Waals surface area contributed by atoms with Crippen LogP contribution >= 0.6 is 7.82 Å². The molecule has 0 amide bonds. The highest BCUT2D eigenvalue weighted by atomic mass is 31.2. The summed E-state index contributed by atoms with van der Waals surface area (Å²) in [6.45, 7) is 3.70. The van der Waals surface area contributed by atoms with Crippen molar-refractivity contribution in [1.29, 1.82) is 0 Å². The lowest BCUT2D eigenvalue weighted by atomic mass is 10.1. The minimum absolute atomic E-state index is 0.0410. The van der Waals surface area contributed by atoms with Crippen LogP contribution in [0.2, 0.25) is 0 Å². The lowest BCUT2D eigenvalue weighted by Gasteiger charge is -2.24. The minimum atomic E-state index is -4.48. The van der Waals surface area contributed by atoms with Gasteiger partial charge in [0.25, 0.3) is 0 Å². The van der Waals surface area contributed by atoms with Gasteiger partial charge in [-0.25, -0.2) is 4.57 Å². The molecule has 0 saturated carbocycles. The number of rotatable bonds is 37. The van der Waals surface area contributed by atoms with Gasteiger partial charge < -0.3 is 34.2 Å². The summed E-state index contributed by atoms with van der Waals surface area (Å²) in [7, 11) is 1.23. The number of quaternary nitrogens is 1. The SMILES string of the molecule is CC/C=C\C[C@@H](O)/C=C/C=C/C=C\C=C/[C@H](O)[C@@H](O)CCCC(=O)OC[C@H](COP(=O)(O)OCC[N+](C)(C)C)OC(=O)CCC/C=C\C/C=C\C/C=C\C/C=C\CCCCC. The van der Waals surface area contributed by atoms with Crippen molar-refractivity contribution >= 4 is 19.8 Å². The molecule has 1 unspecified atom stereocenters. The number of allylic oxidation sites excluding steroid dienone is 15. The third kappa shape index (κ3) is 40.4. The van der Waals surface area contributed by atoms with Gasteiger partial charge in [-0.3, -0.25) is 18.6 Å². The number of esters is 2. The van der Waals surface area contributed by atoms with Crippen molar-refractivity contribution in [3.8, 4) is 0 Å². The second-order valence-electron chi connectivity index (χ2n) is 15.6. The lowest BCUT2D eigenvalue weighted by Crippen LogP contribution is -2.37. The molecular formula is C48H79NO11P+. The van der Waals surface area contributed by atoms with E-state index >= 15 is 0 Å². The average Bonchev–Trinajstić information content (AvgIpc) is 3.20. The Morgan fingerprint density at radius 3 is 1.84 bits per heavy atom. The first-order valence-corrected chi connectivity index (χ1v) is 23.4. The largest absolute Gasteiger partial charge is 0.472 e. The van der Waals surface area contributed by atoms with Gasteiger partial charge in [0.1, 0.15) is 19.8 Å². The number of ether oxygens (including phenoxy) is 2. The monoisotopic (exact) mass is 877 g/mol. The van der Waals surface area contributed by atoms with E-state index in [1.54, 1.807) is 42.5 Å². The summed E-state index contributed by atoms with van der Waals surface area (Å²) in [5, 5.41) is 30.5. The van der Waals surface area contributed by atoms with E-state index in [1.165, 1.54) is 25.3 Å². The van der Waals surface area contributed by atoms with Crippen LogP contribution < -0.4 is 0 Å². The van der Waals surface area contributed by atoms with Gasteiger partial charge in [0, 0.05) is 12.8 Å². The molecule has 0 radical (unpaired) electrons. The molecule has 0 aliphatic heterocycles. The molecule has 0 aliphatic rings. The molecule has 0 heterocycles. The zero-order valence-electron chi connectivity index (χ0n) is 37.7. The van der Waals surface area contributed by atoms with Crippen molar-refractivity contribution in [3.63, 3.8) is 0 Å². The van der Waals surface area contributed by atoms with E-state index in [0.717, 1.165) is 32.1 Å². The van der Waals surface area contributed by atoms with Crippen LogP contribution in [-0.4, -0.2) is 109 Å². The maximum atomic E-state index is 12.7. The molecular weight excluding hydrogens is 797 g/mol. The highest BCUT2D eigenvalue weighted by molar-refractivity contribution is 7.47. The maximum absolute atomic E-state index is 12.7. The number of hydrogen-bond acceptors (Lipinski definition) is 10. The quantitative estimate of drug-likeness (QED) is 0.0117. The molecule has 346 valence electrons. The van der Waals surface area contributed by atoms with E-state index in [4.69, 9.17) is 18.5 Å². The number of carbonyl (C=O) groups is 2. The zero-order chi connectivity index (χ0) is 45.5. The van der Waals surface area contributed by atoms with Crippen LogP contribution in [-0.2, 0) is 32.7 Å². The lowest BCUT2D eigenvalue weighted by molar-refractivity contribution is -0.870. The van der Waals surface area contributed by atoms with E-state index in [1.807, 2.05) is 52.4 Å². The standard InChI is InChI=1S/C48H78NO11P/c1-6-8-10-11-12-13-14-15-16-17-18-19-20-21-22-27-31-37-48(54)60-44(42-59-61(55,56)58-40-39-49(3,4)5)41-57-47(53)38-32-36-46(52)45(51)35-30-26-24-23-25-29-34-43(50)33-28-9-7-2/h9,12-13,15-16,18-19,21-26,28-30,34-35,43-46,50-52H,6-8,10-11,14,17,20,27,31-33,36-42H2,1-5H3/p+1/b13-12-,16-15-,19-18-,22-21-,25-23+,26-24-,28-9-,34-29+,35-30-/t43-,44-,45+,46+/m1/s1. The molecule has 0 aliphatic carbocycles. The number of carbonyl (C=O) groups excluding carboxylic acids is 2. The summed E-state index contributed by atoms with van der Waals surface area (Å²) < 4.78 is 33.9. The van der Waals surface area contributed by atoms with Crippen LogP contribution in [0.4, 0.5) is 0 Å². The van der Waals surface area contributed by atoms with Crippen molar-refractivity contribution in [2.75, 3.05) is 47.5 Å². The summed E-state index contributed by atoms with van der Waals surface area (Å²) in [5.41, 5.74) is 0. The van der Waals surface area contributed by atoms with Crippen LogP contribution in [0.1, 0.15) is 110 Å². The molecule has 61 heavy (non-hydrogen) atoms. The summed E-state index contributed by atoms with van der Waals surface area (Å²) in [6.07, 6.45) is 41.0. The van der Waals surface area contributed by atoms with Crippen LogP contribution in [0.3, 0.4) is 0 Å². The number of phosphoric ester groups is 1. The molecule has 5 atom stereocenters. The van der Waals surface area contributed by atoms with Crippen molar-refractivity contribution in [2.45, 2.75) is 135 Å². The Bertz CT molecular complexity index is 1460. The predicted molar refractivity (Wildman–Crippen MR) is 246 cm³/mol. The van der Waals surface area contributed by atoms with E-state index in [-0.39, 0.29) is 32.3 Å². The Morgan fingerprint density at radius 2 is 1.23 bits per heavy atom. The van der Waals surface area contributed by atoms with Crippen LogP contribution in [0.15, 0.2) is 109 Å². The molecule has 0 aromatic rings. The van der Waals surface area contributed by atoms with E-state index in [0.29, 0.717) is 30.3 Å². The first kappa shape index (κ1) is 57.5. The molecule has 0 spiro atoms. The summed E-state index contributed by atoms with van der Waals surface area (Å²) >= 11 is 0. The molecule has 0 aromatic carbocycles. The van der Waals surface area contributed by atoms with Crippen LogP contribution in [0, 0.1) is 0 Å². The smallest absolute Gasteiger partial charge is 0.462 e. The predicted octanol–water partition coefficient (Wildman–Crippen LogP) is 9.26. The van der Waals surface area contributed by atoms with Gasteiger partial charge in [-0.15, -0.1) is 0 Å². The zero-order valence-corrected chi connectivity index (χ0v) is 38.6. The fourth-order valence-corrected chi connectivity index (χ4v) is 5.79. The van der Waals surface area contributed by atoms with Gasteiger partial charge in [0.15, 0.2) is 6.10 Å². The van der Waals surface area contributed by atoms with E-state index in [2.05, 4.69) is 43.4 Å². The Kier molecular flexibility index (Phi) is 36.1. The highest BCUT2D eigenvalue weighted by Gasteiger charge is 2.27. The first-order chi connectivity index (χ1) is 29.2. The molecule has 12 nitrogen and oxygen atoms in total. The number of unbranched alkanes of at least 4 members (excludes halogenated alkanes) is 4. The Balaban J connectivity index is 4.81. The number of phosphoric acid groups is 1. The summed E-state index contributed by atoms with van der Waals surface area (Å²) in [6, 6.07) is 0. The second-order valence-corrected chi connectivity index (χ2v) is 17.0. The molecule has 13 heteroatoms. The van der Waals surface area contributed by atoms with E-state index < -0.39 is 57.4 Å². The first-order valence-electron chi connectivity index (χ1n) is 21.9. The third-order valence-corrected chi connectivity index (χ3v) is 9.61. The Hall–Kier alpha value is -3.45. The topological polar surface area (TPSA) is 169 Å². The fraction of sp³-hybridized carbons (Fsp3) is 0.583. The molecule has 0 aromatic heterocycles. The van der Waals surface area contributed by atoms with E-state index in [9.17, 15) is 34.4 Å². The number of likely N-dealkylation sites (N-methyl/N-ethyl adjacent to an activating group) is 1. The Morgan fingerprint density at radius 1 is 0.656 bits per heavy atom. The highest BCUT2D eigenvalue weighted by Crippen LogP contribution is 2.43. The van der Waals surface area contributed by atoms with Crippen molar-refractivity contribution in [3.05, 3.63) is 109 Å².